The van der Waals surface area contributed by atoms with Crippen molar-refractivity contribution in [3.8, 4) is 0 Å². The SMILES string of the molecule is O=C([O-])C(=O)[O-].O=C([O-])C(=O)[O-].O=C([O-])C(=O)[O-].[B+3].[Li+].[Mg+2]. The minimum atomic E-state index is -2.19. The van der Waals surface area contributed by atoms with Gasteiger partial charge in [0.25, 0.3) is 0 Å². The number of carbonyl (C=O) groups is 6. The second-order valence-electron chi connectivity index (χ2n) is 1.72. The fraction of sp³-hybridized carbons (Fsp3) is 0. The second-order valence-corrected chi connectivity index (χ2v) is 1.72. The normalized spacial score (nSPS) is 6.29. The molecule has 0 aromatic carbocycles. The van der Waals surface area contributed by atoms with Crippen molar-refractivity contribution in [3.05, 3.63) is 0 Å². The predicted molar refractivity (Wildman–Crippen MR) is 41.5 cm³/mol. The molecular formula is C6BLiMgO12. The molecule has 0 spiro atoms. The molecular weight excluding hydrogens is 306 g/mol. The van der Waals surface area contributed by atoms with Crippen LogP contribution in [0.5, 0.6) is 0 Å². The maximum absolute atomic E-state index is 8.93. The Labute approximate surface area is 145 Å². The number of aliphatic carboxylic acids is 6. The van der Waals surface area contributed by atoms with E-state index in [-0.39, 0.29) is 50.3 Å². The number of carbonyl (C=O) groups excluding carboxylic acids is 6. The summed E-state index contributed by atoms with van der Waals surface area (Å²) in [5, 5.41) is 53.6. The van der Waals surface area contributed by atoms with Gasteiger partial charge in [-0.2, -0.15) is 0 Å². The molecule has 21 heavy (non-hydrogen) atoms. The van der Waals surface area contributed by atoms with E-state index in [0.29, 0.717) is 0 Å². The van der Waals surface area contributed by atoms with Crippen molar-refractivity contribution >= 4 is 67.3 Å². The van der Waals surface area contributed by atoms with E-state index in [1.807, 2.05) is 0 Å². The van der Waals surface area contributed by atoms with Gasteiger partial charge in [0.2, 0.25) is 0 Å². The molecule has 0 aliphatic rings. The van der Waals surface area contributed by atoms with Crippen LogP contribution in [0.4, 0.5) is 0 Å². The second kappa shape index (κ2) is 20.6. The molecule has 0 atom stereocenters. The number of hydrogen-bond donors (Lipinski definition) is 0. The molecule has 0 aromatic rings. The van der Waals surface area contributed by atoms with Gasteiger partial charge in [0.1, 0.15) is 0 Å². The van der Waals surface area contributed by atoms with Crippen LogP contribution in [0.3, 0.4) is 0 Å². The molecule has 0 N–H and O–H groups in total. The molecule has 0 aliphatic carbocycles. The van der Waals surface area contributed by atoms with Crippen LogP contribution < -0.4 is 49.5 Å². The van der Waals surface area contributed by atoms with Crippen molar-refractivity contribution in [2.75, 3.05) is 0 Å². The maximum atomic E-state index is 8.93. The van der Waals surface area contributed by atoms with Crippen LogP contribution >= 0.6 is 0 Å². The fourth-order valence-electron chi connectivity index (χ4n) is 0. The van der Waals surface area contributed by atoms with Crippen molar-refractivity contribution in [2.45, 2.75) is 0 Å². The van der Waals surface area contributed by atoms with Gasteiger partial charge in [0, 0.05) is 0 Å². The topological polar surface area (TPSA) is 241 Å². The molecule has 0 saturated carbocycles. The Kier molecular flexibility index (Phi) is 35.8. The average Bonchev–Trinajstić information content (AvgIpc) is 2.18. The summed E-state index contributed by atoms with van der Waals surface area (Å²) in [6.07, 6.45) is 0. The number of carboxylic acids is 6. The fourth-order valence-corrected chi connectivity index (χ4v) is 0. The molecule has 0 bridgehead atoms. The number of rotatable bonds is 0. The zero-order chi connectivity index (χ0) is 15.5. The van der Waals surface area contributed by atoms with E-state index in [4.69, 9.17) is 59.4 Å². The largest absolute Gasteiger partial charge is 3.00 e. The van der Waals surface area contributed by atoms with Gasteiger partial charge in [-0.05, 0) is 0 Å². The Hall–Kier alpha value is -1.75. The molecule has 0 fully saturated rings. The van der Waals surface area contributed by atoms with Crippen LogP contribution in [0.2, 0.25) is 0 Å². The molecule has 0 rings (SSSR count). The van der Waals surface area contributed by atoms with E-state index in [0.717, 1.165) is 0 Å². The van der Waals surface area contributed by atoms with Crippen molar-refractivity contribution in [3.63, 3.8) is 0 Å². The summed E-state index contributed by atoms with van der Waals surface area (Å²) in [7, 11) is 0. The predicted octanol–water partition coefficient (Wildman–Crippen LogP) is -14.3. The molecule has 15 heteroatoms. The van der Waals surface area contributed by atoms with Crippen LogP contribution in [-0.2, 0) is 28.8 Å². The van der Waals surface area contributed by atoms with Gasteiger partial charge in [0.15, 0.2) is 0 Å². The van der Waals surface area contributed by atoms with Gasteiger partial charge in [-0.25, -0.2) is 0 Å². The minimum absolute atomic E-state index is 0. The third kappa shape index (κ3) is 45.9. The zero-order valence-electron chi connectivity index (χ0n) is 10.2. The third-order valence-corrected chi connectivity index (χ3v) is 0.500. The third-order valence-electron chi connectivity index (χ3n) is 0.500. The van der Waals surface area contributed by atoms with Gasteiger partial charge in [-0.15, -0.1) is 0 Å². The summed E-state index contributed by atoms with van der Waals surface area (Å²) in [5.41, 5.74) is 0. The van der Waals surface area contributed by atoms with Gasteiger partial charge < -0.3 is 59.4 Å². The molecule has 0 amide bonds. The summed E-state index contributed by atoms with van der Waals surface area (Å²) in [6, 6.07) is 0. The van der Waals surface area contributed by atoms with E-state index in [9.17, 15) is 0 Å². The van der Waals surface area contributed by atoms with Crippen LogP contribution in [-0.4, -0.2) is 67.3 Å². The first kappa shape index (κ1) is 36.5. The quantitative estimate of drug-likeness (QED) is 0.299. The molecule has 0 aromatic heterocycles. The number of carboxylic acid groups (broad SMARTS) is 6. The summed E-state index contributed by atoms with van der Waals surface area (Å²) in [6.45, 7) is 0. The Balaban J connectivity index is -0.0000000375. The number of hydrogen-bond acceptors (Lipinski definition) is 12. The van der Waals surface area contributed by atoms with E-state index < -0.39 is 35.8 Å². The molecule has 102 valence electrons. The molecule has 12 nitrogen and oxygen atoms in total. The van der Waals surface area contributed by atoms with E-state index >= 15 is 0 Å². The van der Waals surface area contributed by atoms with Crippen LogP contribution in [0.1, 0.15) is 0 Å². The first-order valence-corrected chi connectivity index (χ1v) is 3.20. The Morgan fingerprint density at radius 3 is 0.476 bits per heavy atom. The van der Waals surface area contributed by atoms with E-state index in [1.54, 1.807) is 0 Å². The van der Waals surface area contributed by atoms with E-state index in [2.05, 4.69) is 0 Å². The van der Waals surface area contributed by atoms with Crippen molar-refractivity contribution in [1.29, 1.82) is 0 Å². The summed E-state index contributed by atoms with van der Waals surface area (Å²) >= 11 is 0. The van der Waals surface area contributed by atoms with Gasteiger partial charge in [-0.3, -0.25) is 0 Å². The summed E-state index contributed by atoms with van der Waals surface area (Å²) in [4.78, 5) is 53.6. The summed E-state index contributed by atoms with van der Waals surface area (Å²) in [5.74, 6) is -13.1. The Morgan fingerprint density at radius 2 is 0.476 bits per heavy atom. The summed E-state index contributed by atoms with van der Waals surface area (Å²) < 4.78 is 0. The van der Waals surface area contributed by atoms with Crippen molar-refractivity contribution in [1.82, 2.24) is 0 Å². The van der Waals surface area contributed by atoms with Crippen LogP contribution in [0, 0.1) is 0 Å². The van der Waals surface area contributed by atoms with Crippen LogP contribution in [0.25, 0.3) is 0 Å². The van der Waals surface area contributed by atoms with E-state index in [1.165, 1.54) is 0 Å². The average molecular weight is 306 g/mol. The smallest absolute Gasteiger partial charge is 0.543 e. The molecule has 0 aliphatic heterocycles. The Bertz CT molecular complexity index is 289. The molecule has 0 heterocycles. The van der Waals surface area contributed by atoms with Gasteiger partial charge in [-0.1, -0.05) is 0 Å². The molecule has 0 unspecified atom stereocenters. The van der Waals surface area contributed by atoms with Gasteiger partial charge in [0.05, 0.1) is 35.8 Å². The molecule has 0 radical (unpaired) electrons. The standard InChI is InChI=1S/3C2H2O4.B.Li.Mg/c3*3-1(4)2(5)6;;;/h3*(H,3,4)(H,5,6);;;/q;;;+3;+1;+2/p-6. The van der Waals surface area contributed by atoms with Crippen molar-refractivity contribution < 1.29 is 78.3 Å². The maximum Gasteiger partial charge on any atom is 3.00 e. The first-order chi connectivity index (χ1) is 7.93. The van der Waals surface area contributed by atoms with Gasteiger partial charge >= 0.3 is 50.3 Å². The minimum Gasteiger partial charge on any atom is -0.543 e. The Morgan fingerprint density at radius 1 is 0.429 bits per heavy atom. The zero-order valence-corrected chi connectivity index (χ0v) is 11.6. The van der Waals surface area contributed by atoms with Crippen molar-refractivity contribution in [2.24, 2.45) is 0 Å². The first-order valence-electron chi connectivity index (χ1n) is 3.20. The monoisotopic (exact) mass is 306 g/mol. The molecule has 0 saturated heterocycles. The van der Waals surface area contributed by atoms with Crippen LogP contribution in [0.15, 0.2) is 0 Å².